The Morgan fingerprint density at radius 1 is 1.15 bits per heavy atom. The number of nitrogens with zero attached hydrogens (tertiary/aromatic N) is 1. The summed E-state index contributed by atoms with van der Waals surface area (Å²) in [5.74, 6) is -0.105. The number of benzene rings is 2. The summed E-state index contributed by atoms with van der Waals surface area (Å²) in [5, 5.41) is 2.84. The fourth-order valence-electron chi connectivity index (χ4n) is 2.47. The molecule has 7 heteroatoms. The third-order valence-electron chi connectivity index (χ3n) is 3.65. The molecule has 1 unspecified atom stereocenters. The van der Waals surface area contributed by atoms with Crippen LogP contribution in [0.5, 0.6) is 0 Å². The van der Waals surface area contributed by atoms with Gasteiger partial charge < -0.3 is 10.2 Å². The van der Waals surface area contributed by atoms with Crippen LogP contribution >= 0.6 is 11.8 Å². The van der Waals surface area contributed by atoms with Crippen molar-refractivity contribution >= 4 is 40.1 Å². The van der Waals surface area contributed by atoms with Gasteiger partial charge in [0, 0.05) is 40.3 Å². The maximum Gasteiger partial charge on any atom is 0.254 e. The summed E-state index contributed by atoms with van der Waals surface area (Å²) in [6.45, 7) is -0.0501. The van der Waals surface area contributed by atoms with E-state index in [-0.39, 0.29) is 18.4 Å². The molecule has 138 valence electrons. The van der Waals surface area contributed by atoms with Gasteiger partial charge in [-0.1, -0.05) is 24.3 Å². The minimum absolute atomic E-state index is 0.0501. The number of rotatable bonds is 7. The smallest absolute Gasteiger partial charge is 0.254 e. The zero-order valence-electron chi connectivity index (χ0n) is 15.0. The summed E-state index contributed by atoms with van der Waals surface area (Å²) in [5.41, 5.74) is 2.05. The zero-order chi connectivity index (χ0) is 19.1. The van der Waals surface area contributed by atoms with Gasteiger partial charge in [-0.3, -0.25) is 13.8 Å². The average Bonchev–Trinajstić information content (AvgIpc) is 2.61. The van der Waals surface area contributed by atoms with Gasteiger partial charge in [-0.05, 0) is 36.1 Å². The molecule has 0 radical (unpaired) electrons. The highest BCUT2D eigenvalue weighted by atomic mass is 32.2. The van der Waals surface area contributed by atoms with Crippen LogP contribution < -0.4 is 5.32 Å². The molecular formula is C19H22N2O3S2. The molecule has 0 fully saturated rings. The van der Waals surface area contributed by atoms with Crippen molar-refractivity contribution in [2.24, 2.45) is 0 Å². The van der Waals surface area contributed by atoms with E-state index in [2.05, 4.69) is 5.32 Å². The summed E-state index contributed by atoms with van der Waals surface area (Å²) >= 11 is 1.55. The van der Waals surface area contributed by atoms with Gasteiger partial charge in [0.15, 0.2) is 0 Å². The third kappa shape index (κ3) is 5.71. The number of thioether (sulfide) groups is 1. The second-order valence-electron chi connectivity index (χ2n) is 5.83. The SMILES string of the molecule is CSc1ccccc1NC(=O)CN(C)C(=O)c1cccc(CS(C)=O)c1. The summed E-state index contributed by atoms with van der Waals surface area (Å²) < 4.78 is 11.4. The van der Waals surface area contributed by atoms with Gasteiger partial charge in [-0.2, -0.15) is 0 Å². The zero-order valence-corrected chi connectivity index (χ0v) is 16.7. The minimum Gasteiger partial charge on any atom is -0.332 e. The summed E-state index contributed by atoms with van der Waals surface area (Å²) in [7, 11) is 0.616. The van der Waals surface area contributed by atoms with Gasteiger partial charge >= 0.3 is 0 Å². The maximum absolute atomic E-state index is 12.6. The Morgan fingerprint density at radius 3 is 2.58 bits per heavy atom. The standard InChI is InChI=1S/C19H22N2O3S2/c1-21(12-18(22)20-16-9-4-5-10-17(16)25-2)19(23)15-8-6-7-14(11-15)13-26(3)24/h4-11H,12-13H2,1-3H3,(H,20,22). The molecule has 0 heterocycles. The van der Waals surface area contributed by atoms with Gasteiger partial charge in [0.1, 0.15) is 0 Å². The van der Waals surface area contributed by atoms with Crippen molar-refractivity contribution < 1.29 is 13.8 Å². The van der Waals surface area contributed by atoms with Crippen LogP contribution in [0.25, 0.3) is 0 Å². The van der Waals surface area contributed by atoms with Gasteiger partial charge in [-0.25, -0.2) is 0 Å². The van der Waals surface area contributed by atoms with Crippen molar-refractivity contribution in [1.29, 1.82) is 0 Å². The first-order valence-corrected chi connectivity index (χ1v) is 10.9. The van der Waals surface area contributed by atoms with Gasteiger partial charge in [0.2, 0.25) is 5.91 Å². The maximum atomic E-state index is 12.6. The molecular weight excluding hydrogens is 368 g/mol. The predicted octanol–water partition coefficient (Wildman–Crippen LogP) is 3.00. The van der Waals surface area contributed by atoms with E-state index in [0.717, 1.165) is 16.1 Å². The van der Waals surface area contributed by atoms with Gasteiger partial charge in [0.05, 0.1) is 12.2 Å². The predicted molar refractivity (Wildman–Crippen MR) is 108 cm³/mol. The molecule has 0 aromatic heterocycles. The lowest BCUT2D eigenvalue weighted by Gasteiger charge is -2.18. The Balaban J connectivity index is 2.02. The van der Waals surface area contributed by atoms with E-state index in [1.807, 2.05) is 36.6 Å². The summed E-state index contributed by atoms with van der Waals surface area (Å²) in [6.07, 6.45) is 3.56. The van der Waals surface area contributed by atoms with Crippen LogP contribution in [0.15, 0.2) is 53.4 Å². The molecule has 0 aliphatic heterocycles. The van der Waals surface area contributed by atoms with E-state index >= 15 is 0 Å². The quantitative estimate of drug-likeness (QED) is 0.738. The molecule has 0 aliphatic rings. The molecule has 0 saturated carbocycles. The van der Waals surface area contributed by atoms with Crippen LogP contribution in [0.1, 0.15) is 15.9 Å². The van der Waals surface area contributed by atoms with E-state index in [4.69, 9.17) is 0 Å². The first kappa shape index (κ1) is 20.2. The monoisotopic (exact) mass is 390 g/mol. The fraction of sp³-hybridized carbons (Fsp3) is 0.263. The summed E-state index contributed by atoms with van der Waals surface area (Å²) in [6, 6.07) is 14.5. The Kier molecular flexibility index (Phi) is 7.41. The van der Waals surface area contributed by atoms with Gasteiger partial charge in [0.25, 0.3) is 5.91 Å². The Morgan fingerprint density at radius 2 is 1.88 bits per heavy atom. The Hall–Kier alpha value is -2.12. The minimum atomic E-state index is -0.975. The first-order chi connectivity index (χ1) is 12.4. The molecule has 2 rings (SSSR count). The number of hydrogen-bond donors (Lipinski definition) is 1. The topological polar surface area (TPSA) is 66.5 Å². The van der Waals surface area contributed by atoms with E-state index in [0.29, 0.717) is 11.3 Å². The van der Waals surface area contributed by atoms with Crippen LogP contribution in [0.4, 0.5) is 5.69 Å². The lowest BCUT2D eigenvalue weighted by molar-refractivity contribution is -0.116. The van der Waals surface area contributed by atoms with Crippen molar-refractivity contribution in [3.05, 3.63) is 59.7 Å². The van der Waals surface area contributed by atoms with Crippen LogP contribution in [-0.4, -0.2) is 47.0 Å². The fourth-order valence-corrected chi connectivity index (χ4v) is 3.68. The Bertz CT molecular complexity index is 824. The molecule has 2 aromatic rings. The highest BCUT2D eigenvalue weighted by Gasteiger charge is 2.16. The molecule has 5 nitrogen and oxygen atoms in total. The van der Waals surface area contributed by atoms with Crippen LogP contribution in [0.2, 0.25) is 0 Å². The highest BCUT2D eigenvalue weighted by Crippen LogP contribution is 2.24. The van der Waals surface area contributed by atoms with Crippen molar-refractivity contribution in [3.63, 3.8) is 0 Å². The van der Waals surface area contributed by atoms with Crippen molar-refractivity contribution in [2.45, 2.75) is 10.6 Å². The van der Waals surface area contributed by atoms with E-state index in [1.54, 1.807) is 43.3 Å². The van der Waals surface area contributed by atoms with Crippen molar-refractivity contribution in [3.8, 4) is 0 Å². The second kappa shape index (κ2) is 9.54. The van der Waals surface area contributed by atoms with E-state index in [1.165, 1.54) is 4.90 Å². The first-order valence-electron chi connectivity index (χ1n) is 7.98. The molecule has 1 N–H and O–H groups in total. The van der Waals surface area contributed by atoms with E-state index in [9.17, 15) is 13.8 Å². The number of likely N-dealkylation sites (N-methyl/N-ethyl adjacent to an activating group) is 1. The molecule has 0 aliphatic carbocycles. The molecule has 0 spiro atoms. The highest BCUT2D eigenvalue weighted by molar-refractivity contribution is 7.98. The lowest BCUT2D eigenvalue weighted by atomic mass is 10.1. The third-order valence-corrected chi connectivity index (χ3v) is 5.19. The van der Waals surface area contributed by atoms with Crippen LogP contribution in [-0.2, 0) is 21.3 Å². The number of amides is 2. The number of carbonyl (C=O) groups excluding carboxylic acids is 2. The number of para-hydroxylation sites is 1. The molecule has 2 amide bonds. The molecule has 1 atom stereocenters. The average molecular weight is 391 g/mol. The molecule has 0 bridgehead atoms. The number of anilines is 1. The number of nitrogens with one attached hydrogen (secondary N) is 1. The van der Waals surface area contributed by atoms with Crippen LogP contribution in [0.3, 0.4) is 0 Å². The Labute approximate surface area is 160 Å². The molecule has 26 heavy (non-hydrogen) atoms. The van der Waals surface area contributed by atoms with Gasteiger partial charge in [-0.15, -0.1) is 11.8 Å². The summed E-state index contributed by atoms with van der Waals surface area (Å²) in [4.78, 5) is 27.2. The number of hydrogen-bond acceptors (Lipinski definition) is 4. The largest absolute Gasteiger partial charge is 0.332 e. The van der Waals surface area contributed by atoms with Crippen molar-refractivity contribution in [2.75, 3.05) is 31.4 Å². The lowest BCUT2D eigenvalue weighted by Crippen LogP contribution is -2.35. The van der Waals surface area contributed by atoms with Crippen LogP contribution in [0, 0.1) is 0 Å². The normalized spacial score (nSPS) is 11.7. The van der Waals surface area contributed by atoms with E-state index < -0.39 is 10.8 Å². The molecule has 0 saturated heterocycles. The second-order valence-corrected chi connectivity index (χ2v) is 8.11. The van der Waals surface area contributed by atoms with Crippen molar-refractivity contribution in [1.82, 2.24) is 4.90 Å². The molecule has 2 aromatic carbocycles. The number of carbonyl (C=O) groups is 2.